The third-order valence-electron chi connectivity index (χ3n) is 3.76. The van der Waals surface area contributed by atoms with Crippen molar-refractivity contribution in [3.8, 4) is 11.3 Å². The van der Waals surface area contributed by atoms with Gasteiger partial charge < -0.3 is 26.2 Å². The molecule has 0 aliphatic rings. The van der Waals surface area contributed by atoms with Gasteiger partial charge in [0, 0.05) is 35.8 Å². The first kappa shape index (κ1) is 17.9. The van der Waals surface area contributed by atoms with Crippen LogP contribution in [-0.2, 0) is 0 Å². The summed E-state index contributed by atoms with van der Waals surface area (Å²) >= 11 is 0. The van der Waals surface area contributed by atoms with Crippen LogP contribution in [-0.4, -0.2) is 56.1 Å². The van der Waals surface area contributed by atoms with Crippen LogP contribution in [0.2, 0.25) is 0 Å². The lowest BCUT2D eigenvalue weighted by atomic mass is 10.1. The number of fused-ring (bicyclic) bond motifs is 2. The minimum atomic E-state index is 0.0701. The number of aliphatic hydroxyl groups excluding tert-OH is 2. The Morgan fingerprint density at radius 1 is 1.12 bits per heavy atom. The maximum Gasteiger partial charge on any atom is 0.154 e. The van der Waals surface area contributed by atoms with Gasteiger partial charge in [0.05, 0.1) is 25.1 Å². The Bertz CT molecular complexity index is 976. The summed E-state index contributed by atoms with van der Waals surface area (Å²) in [6, 6.07) is 12.0. The second-order valence-electron chi connectivity index (χ2n) is 5.57. The number of anilines is 1. The number of aliphatic hydroxyl groups is 2. The molecule has 0 saturated heterocycles. The molecule has 3 aromatic heterocycles. The van der Waals surface area contributed by atoms with Gasteiger partial charge in [-0.25, -0.2) is 9.50 Å². The number of nitrogens with one attached hydrogen (secondary N) is 2. The van der Waals surface area contributed by atoms with Crippen molar-refractivity contribution >= 4 is 22.4 Å². The molecule has 0 aliphatic carbocycles. The number of aromatic nitrogens is 4. The van der Waals surface area contributed by atoms with Gasteiger partial charge in [-0.3, -0.25) is 0 Å². The number of H-pyrrole nitrogens is 1. The van der Waals surface area contributed by atoms with Crippen molar-refractivity contribution in [2.24, 2.45) is 5.73 Å². The molecule has 0 aliphatic heterocycles. The molecule has 3 heterocycles. The van der Waals surface area contributed by atoms with E-state index in [4.69, 9.17) is 15.9 Å². The zero-order valence-corrected chi connectivity index (χ0v) is 14.3. The lowest BCUT2D eigenvalue weighted by Gasteiger charge is -2.06. The molecule has 0 amide bonds. The topological polar surface area (TPSA) is 124 Å². The summed E-state index contributed by atoms with van der Waals surface area (Å²) in [4.78, 5) is 7.59. The van der Waals surface area contributed by atoms with Crippen LogP contribution in [0.5, 0.6) is 0 Å². The second-order valence-corrected chi connectivity index (χ2v) is 5.57. The number of nitrogens with zero attached hydrogens (tertiary/aromatic N) is 3. The SMILES string of the molecule is NCCO.OCCNc1ccc2ncc(-c3ccc4[nH]ccc4c3)n2n1. The Morgan fingerprint density at radius 2 is 1.96 bits per heavy atom. The van der Waals surface area contributed by atoms with Crippen LogP contribution in [0.4, 0.5) is 5.82 Å². The molecule has 1 aromatic carbocycles. The van der Waals surface area contributed by atoms with Crippen molar-refractivity contribution < 1.29 is 10.2 Å². The highest BCUT2D eigenvalue weighted by Crippen LogP contribution is 2.24. The number of hydrogen-bond acceptors (Lipinski definition) is 6. The van der Waals surface area contributed by atoms with Gasteiger partial charge in [-0.2, -0.15) is 0 Å². The molecule has 6 N–H and O–H groups in total. The van der Waals surface area contributed by atoms with Crippen LogP contribution in [0.15, 0.2) is 48.8 Å². The summed E-state index contributed by atoms with van der Waals surface area (Å²) in [6.07, 6.45) is 3.75. The van der Waals surface area contributed by atoms with Crippen LogP contribution in [0, 0.1) is 0 Å². The fraction of sp³-hybridized carbons (Fsp3) is 0.222. The van der Waals surface area contributed by atoms with Gasteiger partial charge in [0.1, 0.15) is 5.82 Å². The monoisotopic (exact) mass is 354 g/mol. The largest absolute Gasteiger partial charge is 0.395 e. The Kier molecular flexibility index (Phi) is 5.80. The van der Waals surface area contributed by atoms with Crippen molar-refractivity contribution in [3.05, 3.63) is 48.8 Å². The third kappa shape index (κ3) is 3.83. The van der Waals surface area contributed by atoms with Crippen molar-refractivity contribution in [1.82, 2.24) is 19.6 Å². The van der Waals surface area contributed by atoms with E-state index in [-0.39, 0.29) is 13.2 Å². The molecule has 0 atom stereocenters. The first-order valence-electron chi connectivity index (χ1n) is 8.34. The van der Waals surface area contributed by atoms with E-state index >= 15 is 0 Å². The van der Waals surface area contributed by atoms with E-state index in [2.05, 4.69) is 38.6 Å². The van der Waals surface area contributed by atoms with Gasteiger partial charge in [-0.15, -0.1) is 5.10 Å². The predicted octanol–water partition coefficient (Wildman–Crippen LogP) is 1.22. The van der Waals surface area contributed by atoms with Crippen LogP contribution in [0.1, 0.15) is 0 Å². The van der Waals surface area contributed by atoms with E-state index in [1.165, 1.54) is 0 Å². The molecule has 8 heteroatoms. The Morgan fingerprint density at radius 3 is 2.73 bits per heavy atom. The molecule has 8 nitrogen and oxygen atoms in total. The summed E-state index contributed by atoms with van der Waals surface area (Å²) in [5, 5.41) is 25.4. The second kappa shape index (κ2) is 8.43. The minimum absolute atomic E-state index is 0.0701. The number of rotatable bonds is 5. The maximum absolute atomic E-state index is 8.90. The lowest BCUT2D eigenvalue weighted by molar-refractivity contribution is 0.306. The zero-order valence-electron chi connectivity index (χ0n) is 14.3. The number of nitrogens with two attached hydrogens (primary N) is 1. The van der Waals surface area contributed by atoms with Crippen LogP contribution >= 0.6 is 0 Å². The van der Waals surface area contributed by atoms with Gasteiger partial charge in [0.2, 0.25) is 0 Å². The molecule has 0 bridgehead atoms. The molecular weight excluding hydrogens is 332 g/mol. The highest BCUT2D eigenvalue weighted by atomic mass is 16.3. The first-order valence-corrected chi connectivity index (χ1v) is 8.34. The van der Waals surface area contributed by atoms with E-state index in [1.807, 2.05) is 35.1 Å². The van der Waals surface area contributed by atoms with Gasteiger partial charge >= 0.3 is 0 Å². The molecule has 0 saturated carbocycles. The first-order chi connectivity index (χ1) is 12.8. The molecule has 0 spiro atoms. The average Bonchev–Trinajstić information content (AvgIpc) is 3.32. The number of imidazole rings is 1. The molecule has 4 rings (SSSR count). The van der Waals surface area contributed by atoms with Crippen molar-refractivity contribution in [1.29, 1.82) is 0 Å². The minimum Gasteiger partial charge on any atom is -0.395 e. The molecule has 26 heavy (non-hydrogen) atoms. The standard InChI is InChI=1S/C16H15N5O.C2H7NO/c22-8-7-18-15-3-4-16-19-10-14(21(16)20-15)12-1-2-13-11(9-12)5-6-17-13;3-1-2-4/h1-6,9-10,17,22H,7-8H2,(H,18,20);4H,1-3H2. The van der Waals surface area contributed by atoms with Gasteiger partial charge in [-0.1, -0.05) is 6.07 Å². The predicted molar refractivity (Wildman–Crippen MR) is 102 cm³/mol. The summed E-state index contributed by atoms with van der Waals surface area (Å²) in [7, 11) is 0. The van der Waals surface area contributed by atoms with E-state index in [9.17, 15) is 0 Å². The fourth-order valence-corrected chi connectivity index (χ4v) is 2.56. The smallest absolute Gasteiger partial charge is 0.154 e. The lowest BCUT2D eigenvalue weighted by Crippen LogP contribution is -2.08. The van der Waals surface area contributed by atoms with E-state index in [1.54, 1.807) is 0 Å². The van der Waals surface area contributed by atoms with Crippen molar-refractivity contribution in [2.45, 2.75) is 0 Å². The molecule has 136 valence electrons. The highest BCUT2D eigenvalue weighted by Gasteiger charge is 2.09. The summed E-state index contributed by atoms with van der Waals surface area (Å²) in [5.74, 6) is 0.712. The maximum atomic E-state index is 8.90. The Hall–Kier alpha value is -2.94. The van der Waals surface area contributed by atoms with Gasteiger partial charge in [-0.05, 0) is 30.3 Å². The van der Waals surface area contributed by atoms with E-state index < -0.39 is 0 Å². The zero-order chi connectivity index (χ0) is 18.4. The molecule has 0 unspecified atom stereocenters. The fourth-order valence-electron chi connectivity index (χ4n) is 2.56. The highest BCUT2D eigenvalue weighted by molar-refractivity contribution is 5.84. The van der Waals surface area contributed by atoms with Gasteiger partial charge in [0.15, 0.2) is 5.65 Å². The number of benzene rings is 1. The molecule has 0 fully saturated rings. The van der Waals surface area contributed by atoms with Crippen LogP contribution in [0.3, 0.4) is 0 Å². The quantitative estimate of drug-likeness (QED) is 0.367. The Balaban J connectivity index is 0.000000447. The number of hydrogen-bond donors (Lipinski definition) is 5. The Labute approximate surface area is 150 Å². The van der Waals surface area contributed by atoms with Crippen molar-refractivity contribution in [3.63, 3.8) is 0 Å². The summed E-state index contributed by atoms with van der Waals surface area (Å²) in [6.45, 7) is 1.01. The molecule has 4 aromatic rings. The summed E-state index contributed by atoms with van der Waals surface area (Å²) in [5.41, 5.74) is 8.67. The normalized spacial score (nSPS) is 10.7. The molecular formula is C18H22N6O2. The van der Waals surface area contributed by atoms with E-state index in [0.29, 0.717) is 18.9 Å². The number of aromatic amines is 1. The van der Waals surface area contributed by atoms with Gasteiger partial charge in [0.25, 0.3) is 0 Å². The van der Waals surface area contributed by atoms with E-state index in [0.717, 1.165) is 27.8 Å². The van der Waals surface area contributed by atoms with Crippen LogP contribution < -0.4 is 11.1 Å². The summed E-state index contributed by atoms with van der Waals surface area (Å²) < 4.78 is 1.81. The molecule has 0 radical (unpaired) electrons. The third-order valence-corrected chi connectivity index (χ3v) is 3.76. The average molecular weight is 354 g/mol. The van der Waals surface area contributed by atoms with Crippen molar-refractivity contribution in [2.75, 3.05) is 31.6 Å². The van der Waals surface area contributed by atoms with Crippen LogP contribution in [0.25, 0.3) is 27.8 Å².